The van der Waals surface area contributed by atoms with Crippen molar-refractivity contribution >= 4 is 16.9 Å². The first-order chi connectivity index (χ1) is 11.7. The molecule has 0 saturated carbocycles. The Balaban J connectivity index is 1.98. The number of carbonyl (C=O) groups excluding carboxylic acids is 1. The fourth-order valence-electron chi connectivity index (χ4n) is 4.53. The molecule has 116 valence electrons. The minimum absolute atomic E-state index is 0.148. The van der Waals surface area contributed by atoms with E-state index in [2.05, 4.69) is 72.8 Å². The van der Waals surface area contributed by atoms with Crippen LogP contribution in [-0.4, -0.2) is 5.12 Å². The van der Waals surface area contributed by atoms with E-state index in [0.29, 0.717) is 0 Å². The molecule has 6 rings (SSSR count). The summed E-state index contributed by atoms with van der Waals surface area (Å²) in [5.74, 6) is 0.267. The van der Waals surface area contributed by atoms with Gasteiger partial charge in [0, 0.05) is 12.8 Å². The second-order valence-corrected chi connectivity index (χ2v) is 7.86. The molecule has 3 aliphatic rings. The number of benzene rings is 3. The minimum Gasteiger partial charge on any atom is -0.287 e. The minimum atomic E-state index is -0.426. The number of hydrogen-bond donors (Lipinski definition) is 0. The predicted octanol–water partition coefficient (Wildman–Crippen LogP) is 5.07. The highest BCUT2D eigenvalue weighted by atomic mass is 32.2. The van der Waals surface area contributed by atoms with Gasteiger partial charge in [-0.2, -0.15) is 0 Å². The fraction of sp³-hybridized carbons (Fsp3) is 0.136. The van der Waals surface area contributed by atoms with E-state index in [-0.39, 0.29) is 11.0 Å². The molecule has 2 bridgehead atoms. The van der Waals surface area contributed by atoms with Gasteiger partial charge in [0.2, 0.25) is 0 Å². The third-order valence-corrected chi connectivity index (χ3v) is 6.50. The largest absolute Gasteiger partial charge is 0.287 e. The van der Waals surface area contributed by atoms with Crippen LogP contribution in [0.25, 0.3) is 0 Å². The standard InChI is InChI=1S/C22H16OS/c1-14(23)24-22-18-11-5-2-8-15(18)21(16-9-3-6-12-19(16)22)17-10-4-7-13-20(17)22/h2-13,21H,1H3. The molecule has 0 saturated heterocycles. The summed E-state index contributed by atoms with van der Waals surface area (Å²) in [6, 6.07) is 25.9. The van der Waals surface area contributed by atoms with Crippen molar-refractivity contribution < 1.29 is 4.79 Å². The summed E-state index contributed by atoms with van der Waals surface area (Å²) < 4.78 is -0.426. The van der Waals surface area contributed by atoms with Crippen molar-refractivity contribution in [3.05, 3.63) is 106 Å². The zero-order valence-corrected chi connectivity index (χ0v) is 14.1. The molecule has 0 aromatic heterocycles. The average molecular weight is 328 g/mol. The van der Waals surface area contributed by atoms with Gasteiger partial charge in [-0.25, -0.2) is 0 Å². The number of rotatable bonds is 1. The van der Waals surface area contributed by atoms with Crippen LogP contribution in [0.1, 0.15) is 46.2 Å². The molecule has 0 amide bonds. The van der Waals surface area contributed by atoms with Gasteiger partial charge in [0.1, 0.15) is 0 Å². The van der Waals surface area contributed by atoms with Crippen molar-refractivity contribution in [2.24, 2.45) is 0 Å². The lowest BCUT2D eigenvalue weighted by atomic mass is 9.60. The topological polar surface area (TPSA) is 17.1 Å². The second-order valence-electron chi connectivity index (χ2n) is 6.47. The van der Waals surface area contributed by atoms with Crippen LogP contribution in [0.4, 0.5) is 0 Å². The Bertz CT molecular complexity index is 873. The third-order valence-electron chi connectivity index (χ3n) is 5.25. The van der Waals surface area contributed by atoms with E-state index in [1.54, 1.807) is 6.92 Å². The van der Waals surface area contributed by atoms with Crippen LogP contribution < -0.4 is 0 Å². The molecule has 0 spiro atoms. The van der Waals surface area contributed by atoms with E-state index in [1.165, 1.54) is 45.1 Å². The highest BCUT2D eigenvalue weighted by Crippen LogP contribution is 2.63. The highest BCUT2D eigenvalue weighted by molar-refractivity contribution is 8.14. The summed E-state index contributed by atoms with van der Waals surface area (Å²) in [7, 11) is 0. The van der Waals surface area contributed by atoms with Crippen LogP contribution in [0.5, 0.6) is 0 Å². The maximum atomic E-state index is 12.3. The van der Waals surface area contributed by atoms with Crippen molar-refractivity contribution in [1.82, 2.24) is 0 Å². The Morgan fingerprint density at radius 1 is 0.750 bits per heavy atom. The molecule has 3 aromatic carbocycles. The van der Waals surface area contributed by atoms with E-state index in [9.17, 15) is 4.79 Å². The number of carbonyl (C=O) groups is 1. The quantitative estimate of drug-likeness (QED) is 0.621. The monoisotopic (exact) mass is 328 g/mol. The first-order valence-electron chi connectivity index (χ1n) is 8.21. The summed E-state index contributed by atoms with van der Waals surface area (Å²) >= 11 is 1.45. The maximum Gasteiger partial charge on any atom is 0.187 e. The Labute approximate surface area is 145 Å². The van der Waals surface area contributed by atoms with Crippen molar-refractivity contribution in [1.29, 1.82) is 0 Å². The SMILES string of the molecule is CC(=O)SC12c3ccccc3C(c3ccccc31)c1ccccc12. The molecule has 24 heavy (non-hydrogen) atoms. The van der Waals surface area contributed by atoms with Crippen LogP contribution in [-0.2, 0) is 9.54 Å². The van der Waals surface area contributed by atoms with Crippen molar-refractivity contribution in [3.8, 4) is 0 Å². The van der Waals surface area contributed by atoms with Gasteiger partial charge in [0.05, 0.1) is 4.75 Å². The summed E-state index contributed by atoms with van der Waals surface area (Å²) in [6.07, 6.45) is 0. The first-order valence-corrected chi connectivity index (χ1v) is 9.03. The first kappa shape index (κ1) is 14.1. The molecule has 0 N–H and O–H groups in total. The Hall–Kier alpha value is -2.32. The van der Waals surface area contributed by atoms with Gasteiger partial charge in [-0.15, -0.1) is 0 Å². The molecule has 0 fully saturated rings. The van der Waals surface area contributed by atoms with E-state index in [4.69, 9.17) is 0 Å². The summed E-state index contributed by atoms with van der Waals surface area (Å²) in [4.78, 5) is 12.3. The van der Waals surface area contributed by atoms with E-state index >= 15 is 0 Å². The van der Waals surface area contributed by atoms with E-state index < -0.39 is 4.75 Å². The maximum absolute atomic E-state index is 12.3. The van der Waals surface area contributed by atoms with Crippen LogP contribution in [0.3, 0.4) is 0 Å². The average Bonchev–Trinajstić information content (AvgIpc) is 2.62. The van der Waals surface area contributed by atoms with Gasteiger partial charge >= 0.3 is 0 Å². The predicted molar refractivity (Wildman–Crippen MR) is 98.4 cm³/mol. The molecule has 0 radical (unpaired) electrons. The summed E-state index contributed by atoms with van der Waals surface area (Å²) in [5, 5.41) is 0.148. The molecular weight excluding hydrogens is 312 g/mol. The Kier molecular flexibility index (Phi) is 2.84. The smallest absolute Gasteiger partial charge is 0.187 e. The summed E-state index contributed by atoms with van der Waals surface area (Å²) in [6.45, 7) is 1.67. The Morgan fingerprint density at radius 3 is 1.50 bits per heavy atom. The van der Waals surface area contributed by atoms with Gasteiger partial charge in [-0.05, 0) is 33.4 Å². The molecule has 0 atom stereocenters. The Morgan fingerprint density at radius 2 is 1.12 bits per heavy atom. The number of hydrogen-bond acceptors (Lipinski definition) is 2. The molecule has 0 heterocycles. The summed E-state index contributed by atoms with van der Waals surface area (Å²) in [5.41, 5.74) is 7.82. The fourth-order valence-corrected chi connectivity index (χ4v) is 5.85. The zero-order chi connectivity index (χ0) is 16.3. The normalized spacial score (nSPS) is 22.5. The van der Waals surface area contributed by atoms with Crippen molar-refractivity contribution in [2.45, 2.75) is 17.6 Å². The molecular formula is C22H16OS. The van der Waals surface area contributed by atoms with Crippen LogP contribution in [0.2, 0.25) is 0 Å². The van der Waals surface area contributed by atoms with Gasteiger partial charge in [-0.3, -0.25) is 4.79 Å². The van der Waals surface area contributed by atoms with E-state index in [1.807, 2.05) is 0 Å². The highest BCUT2D eigenvalue weighted by Gasteiger charge is 2.52. The lowest BCUT2D eigenvalue weighted by Gasteiger charge is -2.49. The lowest BCUT2D eigenvalue weighted by Crippen LogP contribution is -2.40. The van der Waals surface area contributed by atoms with Gasteiger partial charge < -0.3 is 0 Å². The molecule has 3 aliphatic carbocycles. The molecule has 0 unspecified atom stereocenters. The zero-order valence-electron chi connectivity index (χ0n) is 13.3. The van der Waals surface area contributed by atoms with Crippen LogP contribution in [0, 0.1) is 0 Å². The third kappa shape index (κ3) is 1.59. The molecule has 2 heteroatoms. The van der Waals surface area contributed by atoms with E-state index in [0.717, 1.165) is 0 Å². The molecule has 0 aliphatic heterocycles. The molecule has 1 nitrogen and oxygen atoms in total. The van der Waals surface area contributed by atoms with Crippen molar-refractivity contribution in [3.63, 3.8) is 0 Å². The van der Waals surface area contributed by atoms with Gasteiger partial charge in [0.15, 0.2) is 5.12 Å². The van der Waals surface area contributed by atoms with Gasteiger partial charge in [0.25, 0.3) is 0 Å². The van der Waals surface area contributed by atoms with Crippen molar-refractivity contribution in [2.75, 3.05) is 0 Å². The lowest BCUT2D eigenvalue weighted by molar-refractivity contribution is -0.109. The molecule has 3 aromatic rings. The van der Waals surface area contributed by atoms with Crippen LogP contribution >= 0.6 is 11.8 Å². The number of thioether (sulfide) groups is 1. The second kappa shape index (κ2) is 4.84. The van der Waals surface area contributed by atoms with Crippen LogP contribution in [0.15, 0.2) is 72.8 Å². The van der Waals surface area contributed by atoms with Gasteiger partial charge in [-0.1, -0.05) is 84.6 Å².